The molecule has 2 aromatic rings. The van der Waals surface area contributed by atoms with Gasteiger partial charge in [-0.3, -0.25) is 9.69 Å². The van der Waals surface area contributed by atoms with Crippen LogP contribution in [0.1, 0.15) is 33.9 Å². The van der Waals surface area contributed by atoms with Crippen LogP contribution in [-0.4, -0.2) is 24.3 Å². The fourth-order valence-electron chi connectivity index (χ4n) is 2.12. The zero-order valence-corrected chi connectivity index (χ0v) is 12.6. The van der Waals surface area contributed by atoms with Gasteiger partial charge in [0.2, 0.25) is 0 Å². The van der Waals surface area contributed by atoms with Crippen molar-refractivity contribution in [1.29, 1.82) is 0 Å². The molecular weight excluding hydrogens is 269 g/mol. The zero-order valence-electron chi connectivity index (χ0n) is 12.6. The molecule has 0 saturated heterocycles. The fourth-order valence-corrected chi connectivity index (χ4v) is 2.12. The topological polar surface area (TPSA) is 33.5 Å². The van der Waals surface area contributed by atoms with E-state index in [1.807, 2.05) is 31.0 Å². The Morgan fingerprint density at radius 2 is 2.00 bits per heavy atom. The lowest BCUT2D eigenvalue weighted by Gasteiger charge is -2.14. The number of hydrogen-bond donors (Lipinski definition) is 0. The van der Waals surface area contributed by atoms with Crippen molar-refractivity contribution >= 4 is 5.78 Å². The highest BCUT2D eigenvalue weighted by atomic mass is 19.1. The number of carbonyl (C=O) groups excluding carboxylic acids is 1. The lowest BCUT2D eigenvalue weighted by atomic mass is 10.1. The average Bonchev–Trinajstić information content (AvgIpc) is 2.84. The Morgan fingerprint density at radius 1 is 1.24 bits per heavy atom. The number of benzene rings is 1. The predicted molar refractivity (Wildman–Crippen MR) is 79.9 cm³/mol. The summed E-state index contributed by atoms with van der Waals surface area (Å²) >= 11 is 0. The highest BCUT2D eigenvalue weighted by molar-refractivity contribution is 5.96. The van der Waals surface area contributed by atoms with E-state index < -0.39 is 0 Å². The van der Waals surface area contributed by atoms with E-state index in [4.69, 9.17) is 4.42 Å². The molecule has 0 aliphatic carbocycles. The molecule has 1 aromatic carbocycles. The first kappa shape index (κ1) is 15.4. The van der Waals surface area contributed by atoms with Gasteiger partial charge in [0.05, 0.1) is 6.54 Å². The van der Waals surface area contributed by atoms with Gasteiger partial charge in [-0.05, 0) is 44.7 Å². The summed E-state index contributed by atoms with van der Waals surface area (Å²) < 4.78 is 19.0. The third-order valence-electron chi connectivity index (χ3n) is 3.44. The summed E-state index contributed by atoms with van der Waals surface area (Å²) in [5.41, 5.74) is 0.984. The molecule has 2 rings (SSSR count). The highest BCUT2D eigenvalue weighted by Crippen LogP contribution is 2.12. The molecule has 0 unspecified atom stereocenters. The Balaban J connectivity index is 1.86. The molecule has 0 N–H and O–H groups in total. The summed E-state index contributed by atoms with van der Waals surface area (Å²) in [5, 5.41) is 0. The van der Waals surface area contributed by atoms with E-state index in [1.54, 1.807) is 19.1 Å². The van der Waals surface area contributed by atoms with Crippen molar-refractivity contribution in [3.63, 3.8) is 0 Å². The summed E-state index contributed by atoms with van der Waals surface area (Å²) in [4.78, 5) is 14.1. The van der Waals surface area contributed by atoms with Crippen LogP contribution in [0.15, 0.2) is 34.7 Å². The van der Waals surface area contributed by atoms with Crippen LogP contribution in [0.4, 0.5) is 4.39 Å². The molecule has 0 saturated carbocycles. The van der Waals surface area contributed by atoms with Gasteiger partial charge >= 0.3 is 0 Å². The number of hydrogen-bond acceptors (Lipinski definition) is 3. The quantitative estimate of drug-likeness (QED) is 0.760. The van der Waals surface area contributed by atoms with Gasteiger partial charge in [-0.25, -0.2) is 4.39 Å². The van der Waals surface area contributed by atoms with E-state index in [9.17, 15) is 9.18 Å². The van der Waals surface area contributed by atoms with Crippen molar-refractivity contribution in [2.75, 3.05) is 13.6 Å². The van der Waals surface area contributed by atoms with Crippen LogP contribution in [0.5, 0.6) is 0 Å². The van der Waals surface area contributed by atoms with Gasteiger partial charge in [-0.15, -0.1) is 0 Å². The zero-order chi connectivity index (χ0) is 15.4. The number of ketones is 1. The van der Waals surface area contributed by atoms with Gasteiger partial charge in [-0.2, -0.15) is 0 Å². The van der Waals surface area contributed by atoms with Gasteiger partial charge in [0.25, 0.3) is 0 Å². The average molecular weight is 289 g/mol. The summed E-state index contributed by atoms with van der Waals surface area (Å²) in [6.07, 6.45) is 0.360. The smallest absolute Gasteiger partial charge is 0.164 e. The molecule has 21 heavy (non-hydrogen) atoms. The molecule has 112 valence electrons. The third kappa shape index (κ3) is 4.26. The number of halogens is 1. The number of furan rings is 1. The molecule has 0 fully saturated rings. The van der Waals surface area contributed by atoms with Crippen LogP contribution in [0.25, 0.3) is 0 Å². The first-order chi connectivity index (χ1) is 9.95. The van der Waals surface area contributed by atoms with Gasteiger partial charge in [0, 0.05) is 18.5 Å². The second-order valence-electron chi connectivity index (χ2n) is 5.39. The number of rotatable bonds is 6. The van der Waals surface area contributed by atoms with E-state index in [-0.39, 0.29) is 11.6 Å². The first-order valence-corrected chi connectivity index (χ1v) is 6.99. The predicted octanol–water partition coefficient (Wildman–Crippen LogP) is 3.74. The Labute approximate surface area is 124 Å². The first-order valence-electron chi connectivity index (χ1n) is 6.99. The second-order valence-corrected chi connectivity index (χ2v) is 5.39. The Bertz CT molecular complexity index is 633. The number of carbonyl (C=O) groups is 1. The van der Waals surface area contributed by atoms with Crippen LogP contribution in [0.2, 0.25) is 0 Å². The lowest BCUT2D eigenvalue weighted by molar-refractivity contribution is 0.0966. The molecule has 0 aliphatic heterocycles. The number of aryl methyl sites for hydroxylation is 2. The summed E-state index contributed by atoms with van der Waals surface area (Å²) in [7, 11) is 1.93. The molecule has 1 heterocycles. The van der Waals surface area contributed by atoms with Crippen LogP contribution < -0.4 is 0 Å². The maximum atomic E-state index is 13.5. The Morgan fingerprint density at radius 3 is 2.62 bits per heavy atom. The normalized spacial score (nSPS) is 11.1. The maximum absolute atomic E-state index is 13.5. The standard InChI is InChI=1S/C17H20FNO2/c1-12-4-6-14(10-16(12)18)17(20)8-9-19(3)11-15-7-5-13(2)21-15/h4-7,10H,8-9,11H2,1-3H3. The molecule has 0 aliphatic rings. The summed E-state index contributed by atoms with van der Waals surface area (Å²) in [6.45, 7) is 4.85. The van der Waals surface area contributed by atoms with E-state index in [1.165, 1.54) is 6.07 Å². The van der Waals surface area contributed by atoms with E-state index in [0.29, 0.717) is 30.6 Å². The minimum Gasteiger partial charge on any atom is -0.465 e. The minimum atomic E-state index is -0.333. The molecule has 3 nitrogen and oxygen atoms in total. The van der Waals surface area contributed by atoms with Crippen LogP contribution in [0.3, 0.4) is 0 Å². The van der Waals surface area contributed by atoms with Crippen molar-refractivity contribution in [3.05, 3.63) is 58.8 Å². The van der Waals surface area contributed by atoms with Gasteiger partial charge in [0.15, 0.2) is 5.78 Å². The van der Waals surface area contributed by atoms with Crippen LogP contribution in [-0.2, 0) is 6.54 Å². The minimum absolute atomic E-state index is 0.0450. The summed E-state index contributed by atoms with van der Waals surface area (Å²) in [6, 6.07) is 8.48. The number of nitrogens with zero attached hydrogens (tertiary/aromatic N) is 1. The van der Waals surface area contributed by atoms with Crippen LogP contribution in [0, 0.1) is 19.7 Å². The molecular formula is C17H20FNO2. The Kier molecular flexibility index (Phi) is 4.91. The second kappa shape index (κ2) is 6.68. The highest BCUT2D eigenvalue weighted by Gasteiger charge is 2.10. The molecule has 0 bridgehead atoms. The van der Waals surface area contributed by atoms with Gasteiger partial charge in [0.1, 0.15) is 17.3 Å². The Hall–Kier alpha value is -1.94. The van der Waals surface area contributed by atoms with Crippen molar-refractivity contribution in [3.8, 4) is 0 Å². The van der Waals surface area contributed by atoms with Gasteiger partial charge in [-0.1, -0.05) is 12.1 Å². The van der Waals surface area contributed by atoms with Gasteiger partial charge < -0.3 is 4.42 Å². The van der Waals surface area contributed by atoms with Crippen molar-refractivity contribution in [2.45, 2.75) is 26.8 Å². The molecule has 1 aromatic heterocycles. The van der Waals surface area contributed by atoms with E-state index >= 15 is 0 Å². The molecule has 0 spiro atoms. The monoisotopic (exact) mass is 289 g/mol. The molecule has 0 amide bonds. The SMILES string of the molecule is Cc1ccc(CN(C)CCC(=O)c2ccc(C)c(F)c2)o1. The fraction of sp³-hybridized carbons (Fsp3) is 0.353. The molecule has 0 radical (unpaired) electrons. The van der Waals surface area contributed by atoms with Crippen LogP contribution >= 0.6 is 0 Å². The lowest BCUT2D eigenvalue weighted by Crippen LogP contribution is -2.21. The van der Waals surface area contributed by atoms with Crippen molar-refractivity contribution in [1.82, 2.24) is 4.90 Å². The van der Waals surface area contributed by atoms with E-state index in [0.717, 1.165) is 11.5 Å². The van der Waals surface area contributed by atoms with Crippen molar-refractivity contribution < 1.29 is 13.6 Å². The third-order valence-corrected chi connectivity index (χ3v) is 3.44. The molecule has 0 atom stereocenters. The largest absolute Gasteiger partial charge is 0.465 e. The molecule has 4 heteroatoms. The van der Waals surface area contributed by atoms with Crippen molar-refractivity contribution in [2.24, 2.45) is 0 Å². The number of Topliss-reactive ketones (excluding diaryl/α,β-unsaturated/α-hetero) is 1. The summed E-state index contributed by atoms with van der Waals surface area (Å²) in [5.74, 6) is 1.38. The van der Waals surface area contributed by atoms with E-state index in [2.05, 4.69) is 0 Å². The maximum Gasteiger partial charge on any atom is 0.164 e.